The quantitative estimate of drug-likeness (QED) is 0.745. The Hall–Kier alpha value is -2.95. The highest BCUT2D eigenvalue weighted by molar-refractivity contribution is 5.92. The van der Waals surface area contributed by atoms with Crippen molar-refractivity contribution in [1.82, 2.24) is 19.7 Å². The SMILES string of the molecule is Cc1cccc(C(=O)N(C)Cc2cnn(-c3ccccc3)c2)n1. The number of hydrogen-bond acceptors (Lipinski definition) is 3. The maximum Gasteiger partial charge on any atom is 0.272 e. The average molecular weight is 306 g/mol. The van der Waals surface area contributed by atoms with Crippen LogP contribution >= 0.6 is 0 Å². The molecule has 1 amide bonds. The number of hydrogen-bond donors (Lipinski definition) is 0. The van der Waals surface area contributed by atoms with Gasteiger partial charge in [-0.1, -0.05) is 24.3 Å². The molecular weight excluding hydrogens is 288 g/mol. The lowest BCUT2D eigenvalue weighted by Crippen LogP contribution is -2.27. The molecule has 116 valence electrons. The monoisotopic (exact) mass is 306 g/mol. The molecule has 0 radical (unpaired) electrons. The van der Waals surface area contributed by atoms with Crippen molar-refractivity contribution in [3.8, 4) is 5.69 Å². The summed E-state index contributed by atoms with van der Waals surface area (Å²) in [6.07, 6.45) is 3.71. The van der Waals surface area contributed by atoms with Gasteiger partial charge in [0.25, 0.3) is 5.91 Å². The van der Waals surface area contributed by atoms with Gasteiger partial charge in [0.1, 0.15) is 5.69 Å². The predicted molar refractivity (Wildman–Crippen MR) is 88.3 cm³/mol. The highest BCUT2D eigenvalue weighted by Crippen LogP contribution is 2.10. The minimum Gasteiger partial charge on any atom is -0.336 e. The Labute approximate surface area is 135 Å². The summed E-state index contributed by atoms with van der Waals surface area (Å²) in [5, 5.41) is 4.35. The fourth-order valence-corrected chi connectivity index (χ4v) is 2.37. The third-order valence-electron chi connectivity index (χ3n) is 3.53. The van der Waals surface area contributed by atoms with Gasteiger partial charge < -0.3 is 4.90 Å². The Morgan fingerprint density at radius 2 is 1.91 bits per heavy atom. The summed E-state index contributed by atoms with van der Waals surface area (Å²) in [4.78, 5) is 18.3. The van der Waals surface area contributed by atoms with Crippen molar-refractivity contribution in [2.45, 2.75) is 13.5 Å². The second-order valence-electron chi connectivity index (χ2n) is 5.45. The van der Waals surface area contributed by atoms with E-state index in [0.29, 0.717) is 12.2 Å². The van der Waals surface area contributed by atoms with E-state index in [1.807, 2.05) is 55.6 Å². The molecule has 0 spiro atoms. The number of pyridine rings is 1. The van der Waals surface area contributed by atoms with Gasteiger partial charge in [0, 0.05) is 31.0 Å². The van der Waals surface area contributed by atoms with Crippen LogP contribution in [-0.4, -0.2) is 32.6 Å². The van der Waals surface area contributed by atoms with Gasteiger partial charge in [0.2, 0.25) is 0 Å². The van der Waals surface area contributed by atoms with Gasteiger partial charge in [-0.2, -0.15) is 5.10 Å². The molecule has 0 aliphatic rings. The second-order valence-corrected chi connectivity index (χ2v) is 5.45. The fourth-order valence-electron chi connectivity index (χ4n) is 2.37. The Bertz CT molecular complexity index is 811. The smallest absolute Gasteiger partial charge is 0.272 e. The van der Waals surface area contributed by atoms with Crippen LogP contribution in [0.15, 0.2) is 60.9 Å². The summed E-state index contributed by atoms with van der Waals surface area (Å²) in [6, 6.07) is 15.3. The van der Waals surface area contributed by atoms with Crippen LogP contribution in [0.1, 0.15) is 21.7 Å². The lowest BCUT2D eigenvalue weighted by atomic mass is 10.2. The van der Waals surface area contributed by atoms with Crippen molar-refractivity contribution in [3.63, 3.8) is 0 Å². The summed E-state index contributed by atoms with van der Waals surface area (Å²) in [7, 11) is 1.77. The fraction of sp³-hybridized carbons (Fsp3) is 0.167. The molecular formula is C18H18N4O. The summed E-state index contributed by atoms with van der Waals surface area (Å²) < 4.78 is 1.80. The number of benzene rings is 1. The van der Waals surface area contributed by atoms with Crippen LogP contribution in [0.5, 0.6) is 0 Å². The van der Waals surface area contributed by atoms with Gasteiger partial charge in [0.15, 0.2) is 0 Å². The Morgan fingerprint density at radius 3 is 2.65 bits per heavy atom. The zero-order valence-corrected chi connectivity index (χ0v) is 13.2. The molecule has 0 N–H and O–H groups in total. The van der Waals surface area contributed by atoms with Crippen LogP contribution in [0.25, 0.3) is 5.69 Å². The summed E-state index contributed by atoms with van der Waals surface area (Å²) in [5.74, 6) is -0.0961. The first kappa shape index (κ1) is 15.0. The van der Waals surface area contributed by atoms with Crippen LogP contribution in [0.3, 0.4) is 0 Å². The highest BCUT2D eigenvalue weighted by atomic mass is 16.2. The van der Waals surface area contributed by atoms with Crippen LogP contribution in [0.2, 0.25) is 0 Å². The van der Waals surface area contributed by atoms with E-state index in [-0.39, 0.29) is 5.91 Å². The molecule has 0 aliphatic carbocycles. The molecule has 2 aromatic heterocycles. The third-order valence-corrected chi connectivity index (χ3v) is 3.53. The molecule has 5 heteroatoms. The van der Waals surface area contributed by atoms with Crippen molar-refractivity contribution >= 4 is 5.91 Å². The van der Waals surface area contributed by atoms with E-state index >= 15 is 0 Å². The van der Waals surface area contributed by atoms with E-state index in [9.17, 15) is 4.79 Å². The number of carbonyl (C=O) groups excluding carboxylic acids is 1. The van der Waals surface area contributed by atoms with Crippen molar-refractivity contribution in [2.75, 3.05) is 7.05 Å². The number of para-hydroxylation sites is 1. The van der Waals surface area contributed by atoms with E-state index in [2.05, 4.69) is 10.1 Å². The van der Waals surface area contributed by atoms with Gasteiger partial charge in [0.05, 0.1) is 11.9 Å². The van der Waals surface area contributed by atoms with E-state index in [1.165, 1.54) is 0 Å². The molecule has 3 rings (SSSR count). The number of nitrogens with zero attached hydrogens (tertiary/aromatic N) is 4. The number of amides is 1. The lowest BCUT2D eigenvalue weighted by Gasteiger charge is -2.15. The Balaban J connectivity index is 1.72. The third kappa shape index (κ3) is 3.45. The number of carbonyl (C=O) groups is 1. The van der Waals surface area contributed by atoms with Gasteiger partial charge in [-0.25, -0.2) is 9.67 Å². The van der Waals surface area contributed by atoms with E-state index in [1.54, 1.807) is 28.9 Å². The van der Waals surface area contributed by atoms with Crippen LogP contribution in [0, 0.1) is 6.92 Å². The first-order valence-electron chi connectivity index (χ1n) is 7.41. The number of rotatable bonds is 4. The van der Waals surface area contributed by atoms with Crippen molar-refractivity contribution in [3.05, 3.63) is 77.9 Å². The maximum atomic E-state index is 12.4. The zero-order chi connectivity index (χ0) is 16.2. The molecule has 23 heavy (non-hydrogen) atoms. The summed E-state index contributed by atoms with van der Waals surface area (Å²) in [6.45, 7) is 2.36. The largest absolute Gasteiger partial charge is 0.336 e. The first-order valence-corrected chi connectivity index (χ1v) is 7.41. The van der Waals surface area contributed by atoms with Crippen molar-refractivity contribution in [2.24, 2.45) is 0 Å². The van der Waals surface area contributed by atoms with E-state index in [4.69, 9.17) is 0 Å². The molecule has 0 fully saturated rings. The van der Waals surface area contributed by atoms with Gasteiger partial charge in [-0.3, -0.25) is 4.79 Å². The van der Waals surface area contributed by atoms with Gasteiger partial charge in [-0.15, -0.1) is 0 Å². The number of aromatic nitrogens is 3. The van der Waals surface area contributed by atoms with Crippen molar-refractivity contribution < 1.29 is 4.79 Å². The van der Waals surface area contributed by atoms with Gasteiger partial charge in [-0.05, 0) is 31.2 Å². The van der Waals surface area contributed by atoms with Crippen LogP contribution in [0.4, 0.5) is 0 Å². The molecule has 0 bridgehead atoms. The molecule has 1 aromatic carbocycles. The zero-order valence-electron chi connectivity index (χ0n) is 13.2. The minimum atomic E-state index is -0.0961. The lowest BCUT2D eigenvalue weighted by molar-refractivity contribution is 0.0779. The minimum absolute atomic E-state index is 0.0961. The predicted octanol–water partition coefficient (Wildman–Crippen LogP) is 2.85. The molecule has 0 unspecified atom stereocenters. The average Bonchev–Trinajstić information content (AvgIpc) is 3.03. The van der Waals surface area contributed by atoms with Gasteiger partial charge >= 0.3 is 0 Å². The molecule has 0 atom stereocenters. The molecule has 0 saturated heterocycles. The molecule has 3 aromatic rings. The first-order chi connectivity index (χ1) is 11.1. The molecule has 0 aliphatic heterocycles. The van der Waals surface area contributed by atoms with E-state index in [0.717, 1.165) is 16.9 Å². The topological polar surface area (TPSA) is 51.0 Å². The van der Waals surface area contributed by atoms with Crippen LogP contribution in [-0.2, 0) is 6.54 Å². The highest BCUT2D eigenvalue weighted by Gasteiger charge is 2.14. The molecule has 2 heterocycles. The molecule has 0 saturated carbocycles. The van der Waals surface area contributed by atoms with Crippen LogP contribution < -0.4 is 0 Å². The summed E-state index contributed by atoms with van der Waals surface area (Å²) >= 11 is 0. The normalized spacial score (nSPS) is 10.5. The standard InChI is InChI=1S/C18H18N4O/c1-14-7-6-10-17(20-14)18(23)21(2)12-15-11-19-22(13-15)16-8-4-3-5-9-16/h3-11,13H,12H2,1-2H3. The molecule has 5 nitrogen and oxygen atoms in total. The number of aryl methyl sites for hydroxylation is 1. The maximum absolute atomic E-state index is 12.4. The Kier molecular flexibility index (Phi) is 4.19. The Morgan fingerprint density at radius 1 is 1.13 bits per heavy atom. The van der Waals surface area contributed by atoms with Crippen molar-refractivity contribution in [1.29, 1.82) is 0 Å². The van der Waals surface area contributed by atoms with E-state index < -0.39 is 0 Å². The second kappa shape index (κ2) is 6.44. The summed E-state index contributed by atoms with van der Waals surface area (Å²) in [5.41, 5.74) is 3.26.